The van der Waals surface area contributed by atoms with E-state index in [1.165, 1.54) is 29.5 Å². The maximum absolute atomic E-state index is 13.3. The number of carbonyl (C=O) groups excluding carboxylic acids is 1. The van der Waals surface area contributed by atoms with Crippen LogP contribution in [0.1, 0.15) is 40.7 Å². The maximum Gasteiger partial charge on any atom is 0.416 e. The monoisotopic (exact) mass is 369 g/mol. The maximum atomic E-state index is 13.3. The van der Waals surface area contributed by atoms with E-state index in [0.29, 0.717) is 4.88 Å². The number of nitrogens with zero attached hydrogens (tertiary/aromatic N) is 1. The summed E-state index contributed by atoms with van der Waals surface area (Å²) in [6.07, 6.45) is -4.89. The van der Waals surface area contributed by atoms with Gasteiger partial charge in [0, 0.05) is 22.6 Å². The summed E-state index contributed by atoms with van der Waals surface area (Å²) in [4.78, 5) is 24.0. The molecule has 0 spiro atoms. The highest BCUT2D eigenvalue weighted by atomic mass is 32.1. The molecule has 25 heavy (non-hydrogen) atoms. The van der Waals surface area contributed by atoms with Gasteiger partial charge in [-0.3, -0.25) is 14.9 Å². The quantitative estimate of drug-likeness (QED) is 0.585. The molecule has 8 heteroatoms. The Bertz CT molecular complexity index is 789. The Balaban J connectivity index is 2.11. The normalized spacial score (nSPS) is 24.3. The molecule has 1 aliphatic carbocycles. The summed E-state index contributed by atoms with van der Waals surface area (Å²) in [7, 11) is 0. The second kappa shape index (κ2) is 6.59. The van der Waals surface area contributed by atoms with E-state index >= 15 is 0 Å². The molecule has 1 aromatic carbocycles. The van der Waals surface area contributed by atoms with Crippen molar-refractivity contribution in [3.63, 3.8) is 0 Å². The fourth-order valence-corrected chi connectivity index (χ4v) is 4.40. The third kappa shape index (κ3) is 3.44. The molecule has 2 aromatic rings. The zero-order valence-corrected chi connectivity index (χ0v) is 13.7. The van der Waals surface area contributed by atoms with Gasteiger partial charge in [0.2, 0.25) is 6.04 Å². The van der Waals surface area contributed by atoms with Gasteiger partial charge in [0.15, 0.2) is 0 Å². The minimum Gasteiger partial charge on any atom is -0.300 e. The first-order chi connectivity index (χ1) is 11.8. The Kier molecular flexibility index (Phi) is 4.64. The molecule has 3 rings (SSSR count). The molecule has 0 unspecified atom stereocenters. The Morgan fingerprint density at radius 2 is 1.76 bits per heavy atom. The first-order valence-corrected chi connectivity index (χ1v) is 8.51. The van der Waals surface area contributed by atoms with Crippen molar-refractivity contribution in [2.24, 2.45) is 0 Å². The summed E-state index contributed by atoms with van der Waals surface area (Å²) >= 11 is 1.28. The molecule has 0 bridgehead atoms. The van der Waals surface area contributed by atoms with E-state index in [1.807, 2.05) is 0 Å². The Hall–Kier alpha value is -2.22. The third-order valence-corrected chi connectivity index (χ3v) is 5.54. The van der Waals surface area contributed by atoms with Crippen LogP contribution in [0.3, 0.4) is 0 Å². The Morgan fingerprint density at radius 1 is 1.08 bits per heavy atom. The molecule has 1 heterocycles. The molecule has 3 atom stereocenters. The molecule has 0 aliphatic heterocycles. The molecular weight excluding hydrogens is 355 g/mol. The molecule has 1 saturated carbocycles. The van der Waals surface area contributed by atoms with E-state index in [-0.39, 0.29) is 24.2 Å². The van der Waals surface area contributed by atoms with E-state index in [0.717, 1.165) is 6.07 Å². The van der Waals surface area contributed by atoms with Crippen LogP contribution < -0.4 is 0 Å². The van der Waals surface area contributed by atoms with Gasteiger partial charge < -0.3 is 0 Å². The number of hydrogen-bond acceptors (Lipinski definition) is 4. The highest BCUT2D eigenvalue weighted by Gasteiger charge is 2.49. The van der Waals surface area contributed by atoms with Crippen LogP contribution in [0, 0.1) is 10.1 Å². The van der Waals surface area contributed by atoms with Crippen LogP contribution >= 0.6 is 11.3 Å². The summed E-state index contributed by atoms with van der Waals surface area (Å²) in [6, 6.07) is 6.96. The lowest BCUT2D eigenvalue weighted by Crippen LogP contribution is -2.40. The molecular formula is C17H14F3NO3S. The van der Waals surface area contributed by atoms with Gasteiger partial charge in [-0.25, -0.2) is 0 Å². The number of ketones is 1. The number of benzene rings is 1. The standard InChI is InChI=1S/C17H14F3NO3S/c18-17(19,20)14-5-2-1-4-11(14)12-8-10(22)9-13(16(12)21(23)24)15-6-3-7-25-15/h1-7,12-13,16H,8-9H2/t12-,13+,16-/m1/s1. The summed E-state index contributed by atoms with van der Waals surface area (Å²) in [5, 5.41) is 13.5. The summed E-state index contributed by atoms with van der Waals surface area (Å²) < 4.78 is 40.0. The number of alkyl halides is 3. The van der Waals surface area contributed by atoms with Crippen LogP contribution in [-0.2, 0) is 11.0 Å². The van der Waals surface area contributed by atoms with Crippen LogP contribution in [0.15, 0.2) is 41.8 Å². The molecule has 0 radical (unpaired) electrons. The largest absolute Gasteiger partial charge is 0.416 e. The summed E-state index contributed by atoms with van der Waals surface area (Å²) in [6.45, 7) is 0. The molecule has 1 aliphatic rings. The number of nitro groups is 1. The molecule has 0 saturated heterocycles. The van der Waals surface area contributed by atoms with Gasteiger partial charge in [0.05, 0.1) is 17.4 Å². The fourth-order valence-electron chi connectivity index (χ4n) is 3.53. The number of hydrogen-bond donors (Lipinski definition) is 0. The number of rotatable bonds is 3. The number of thiophene rings is 1. The Labute approximate surface area is 145 Å². The molecule has 132 valence electrons. The zero-order valence-electron chi connectivity index (χ0n) is 12.9. The van der Waals surface area contributed by atoms with E-state index in [9.17, 15) is 28.1 Å². The van der Waals surface area contributed by atoms with E-state index in [1.54, 1.807) is 17.5 Å². The predicted molar refractivity (Wildman–Crippen MR) is 86.3 cm³/mol. The average Bonchev–Trinajstić information content (AvgIpc) is 3.07. The van der Waals surface area contributed by atoms with Gasteiger partial charge in [0.25, 0.3) is 0 Å². The predicted octanol–water partition coefficient (Wildman–Crippen LogP) is 4.64. The fraction of sp³-hybridized carbons (Fsp3) is 0.353. The lowest BCUT2D eigenvalue weighted by molar-refractivity contribution is -0.532. The molecule has 0 amide bonds. The van der Waals surface area contributed by atoms with Gasteiger partial charge >= 0.3 is 6.18 Å². The van der Waals surface area contributed by atoms with Crippen molar-refractivity contribution in [3.8, 4) is 0 Å². The summed E-state index contributed by atoms with van der Waals surface area (Å²) in [5.41, 5.74) is -1.09. The van der Waals surface area contributed by atoms with Gasteiger partial charge in [-0.05, 0) is 23.1 Å². The second-order valence-electron chi connectivity index (χ2n) is 6.04. The number of Topliss-reactive ketones (excluding diaryl/α,β-unsaturated/α-hetero) is 1. The lowest BCUT2D eigenvalue weighted by Gasteiger charge is -2.32. The summed E-state index contributed by atoms with van der Waals surface area (Å²) in [5.74, 6) is -2.05. The first kappa shape index (κ1) is 17.6. The van der Waals surface area contributed by atoms with Gasteiger partial charge in [-0.1, -0.05) is 24.3 Å². The van der Waals surface area contributed by atoms with Crippen LogP contribution in [0.25, 0.3) is 0 Å². The molecule has 4 nitrogen and oxygen atoms in total. The smallest absolute Gasteiger partial charge is 0.300 e. The minimum absolute atomic E-state index is 0.0170. The topological polar surface area (TPSA) is 60.2 Å². The van der Waals surface area contributed by atoms with Crippen molar-refractivity contribution in [2.75, 3.05) is 0 Å². The van der Waals surface area contributed by atoms with Crippen molar-refractivity contribution in [3.05, 3.63) is 67.9 Å². The Morgan fingerprint density at radius 3 is 2.36 bits per heavy atom. The molecule has 1 fully saturated rings. The third-order valence-electron chi connectivity index (χ3n) is 4.54. The van der Waals surface area contributed by atoms with Crippen molar-refractivity contribution < 1.29 is 22.9 Å². The van der Waals surface area contributed by atoms with Crippen LogP contribution in [0.4, 0.5) is 13.2 Å². The van der Waals surface area contributed by atoms with Gasteiger partial charge in [-0.15, -0.1) is 11.3 Å². The minimum atomic E-state index is -4.63. The molecule has 0 N–H and O–H groups in total. The van der Waals surface area contributed by atoms with Crippen LogP contribution in [0.5, 0.6) is 0 Å². The second-order valence-corrected chi connectivity index (χ2v) is 7.02. The van der Waals surface area contributed by atoms with Crippen LogP contribution in [0.2, 0.25) is 0 Å². The van der Waals surface area contributed by atoms with Gasteiger partial charge in [0.1, 0.15) is 5.78 Å². The zero-order chi connectivity index (χ0) is 18.2. The van der Waals surface area contributed by atoms with Crippen molar-refractivity contribution in [1.29, 1.82) is 0 Å². The first-order valence-electron chi connectivity index (χ1n) is 7.63. The van der Waals surface area contributed by atoms with Crippen molar-refractivity contribution in [2.45, 2.75) is 36.9 Å². The average molecular weight is 369 g/mol. The van der Waals surface area contributed by atoms with Gasteiger partial charge in [-0.2, -0.15) is 13.2 Å². The number of halogens is 3. The van der Waals surface area contributed by atoms with Crippen molar-refractivity contribution >= 4 is 17.1 Å². The van der Waals surface area contributed by atoms with E-state index in [4.69, 9.17) is 0 Å². The van der Waals surface area contributed by atoms with E-state index in [2.05, 4.69) is 0 Å². The van der Waals surface area contributed by atoms with Crippen molar-refractivity contribution in [1.82, 2.24) is 0 Å². The van der Waals surface area contributed by atoms with Crippen LogP contribution in [-0.4, -0.2) is 16.7 Å². The number of carbonyl (C=O) groups is 1. The molecule has 1 aromatic heterocycles. The highest BCUT2D eigenvalue weighted by Crippen LogP contribution is 2.46. The SMILES string of the molecule is O=C1C[C@H](c2ccccc2C(F)(F)F)[C@@H]([N+](=O)[O-])[C@H](c2cccs2)C1. The highest BCUT2D eigenvalue weighted by molar-refractivity contribution is 7.10. The lowest BCUT2D eigenvalue weighted by atomic mass is 9.72. The van der Waals surface area contributed by atoms with E-state index < -0.39 is 34.5 Å².